The van der Waals surface area contributed by atoms with Gasteiger partial charge in [0.2, 0.25) is 0 Å². The van der Waals surface area contributed by atoms with Crippen LogP contribution in [-0.2, 0) is 6.42 Å². The third-order valence-corrected chi connectivity index (χ3v) is 3.64. The van der Waals surface area contributed by atoms with Gasteiger partial charge in [-0.25, -0.2) is 8.78 Å². The van der Waals surface area contributed by atoms with E-state index in [9.17, 15) is 8.78 Å². The molecule has 0 saturated heterocycles. The van der Waals surface area contributed by atoms with E-state index in [1.807, 2.05) is 24.3 Å². The van der Waals surface area contributed by atoms with Crippen LogP contribution >= 0.6 is 11.6 Å². The van der Waals surface area contributed by atoms with Crippen molar-refractivity contribution in [2.75, 3.05) is 0 Å². The second-order valence-electron chi connectivity index (χ2n) is 5.37. The van der Waals surface area contributed by atoms with Crippen molar-refractivity contribution < 1.29 is 8.78 Å². The fraction of sp³-hybridized carbons (Fsp3) is 0.294. The molecule has 0 saturated carbocycles. The summed E-state index contributed by atoms with van der Waals surface area (Å²) in [5.41, 5.74) is 2.33. The van der Waals surface area contributed by atoms with Crippen LogP contribution in [0.2, 0.25) is 0 Å². The quantitative estimate of drug-likeness (QED) is 0.654. The Morgan fingerprint density at radius 1 is 1.00 bits per heavy atom. The molecule has 2 aromatic rings. The molecule has 2 rings (SSSR count). The van der Waals surface area contributed by atoms with Crippen LogP contribution in [-0.4, -0.2) is 0 Å². The van der Waals surface area contributed by atoms with Gasteiger partial charge >= 0.3 is 0 Å². The van der Waals surface area contributed by atoms with Crippen molar-refractivity contribution in [3.63, 3.8) is 0 Å². The third kappa shape index (κ3) is 3.57. The van der Waals surface area contributed by atoms with Crippen LogP contribution < -0.4 is 0 Å². The maximum atomic E-state index is 13.7. The highest BCUT2D eigenvalue weighted by Crippen LogP contribution is 2.31. The first-order valence-electron chi connectivity index (χ1n) is 6.65. The topological polar surface area (TPSA) is 0 Å². The molecule has 0 aromatic heterocycles. The van der Waals surface area contributed by atoms with Gasteiger partial charge in [-0.05, 0) is 29.5 Å². The smallest absolute Gasteiger partial charge is 0.131 e. The van der Waals surface area contributed by atoms with Crippen molar-refractivity contribution in [1.82, 2.24) is 0 Å². The van der Waals surface area contributed by atoms with E-state index in [0.29, 0.717) is 11.5 Å². The van der Waals surface area contributed by atoms with Gasteiger partial charge < -0.3 is 0 Å². The standard InChI is InChI=1S/C17H17ClF2/c1-11(2)9-12-3-5-13(6-4-12)17(18)15-8-7-14(19)10-16(15)20/h3-8,10-11,17H,9H2,1-2H3. The summed E-state index contributed by atoms with van der Waals surface area (Å²) in [4.78, 5) is 0. The highest BCUT2D eigenvalue weighted by atomic mass is 35.5. The Bertz CT molecular complexity index is 576. The third-order valence-electron chi connectivity index (χ3n) is 3.15. The number of hydrogen-bond donors (Lipinski definition) is 0. The SMILES string of the molecule is CC(C)Cc1ccc(C(Cl)c2ccc(F)cc2F)cc1. The maximum absolute atomic E-state index is 13.7. The molecular weight excluding hydrogens is 278 g/mol. The molecular formula is C17H17ClF2. The van der Waals surface area contributed by atoms with Crippen LogP contribution in [0.15, 0.2) is 42.5 Å². The first kappa shape index (κ1) is 15.0. The number of rotatable bonds is 4. The molecule has 0 bridgehead atoms. The summed E-state index contributed by atoms with van der Waals surface area (Å²) in [5, 5.41) is -0.608. The summed E-state index contributed by atoms with van der Waals surface area (Å²) in [7, 11) is 0. The second kappa shape index (κ2) is 6.36. The van der Waals surface area contributed by atoms with Crippen molar-refractivity contribution >= 4 is 11.6 Å². The Morgan fingerprint density at radius 3 is 2.20 bits per heavy atom. The predicted octanol–water partition coefficient (Wildman–Crippen LogP) is 5.49. The summed E-state index contributed by atoms with van der Waals surface area (Å²) in [6.45, 7) is 4.32. The zero-order chi connectivity index (χ0) is 14.7. The van der Waals surface area contributed by atoms with Crippen molar-refractivity contribution in [1.29, 1.82) is 0 Å². The van der Waals surface area contributed by atoms with Gasteiger partial charge in [-0.2, -0.15) is 0 Å². The van der Waals surface area contributed by atoms with Gasteiger partial charge in [0.25, 0.3) is 0 Å². The summed E-state index contributed by atoms with van der Waals surface area (Å²) in [6.07, 6.45) is 0.998. The lowest BCUT2D eigenvalue weighted by Crippen LogP contribution is -1.99. The molecule has 2 aromatic carbocycles. The van der Waals surface area contributed by atoms with Gasteiger partial charge in [0.15, 0.2) is 0 Å². The molecule has 106 valence electrons. The highest BCUT2D eigenvalue weighted by Gasteiger charge is 2.15. The van der Waals surface area contributed by atoms with Crippen LogP contribution in [0.5, 0.6) is 0 Å². The monoisotopic (exact) mass is 294 g/mol. The van der Waals surface area contributed by atoms with E-state index < -0.39 is 17.0 Å². The molecule has 0 amide bonds. The van der Waals surface area contributed by atoms with Crippen molar-refractivity contribution in [3.05, 3.63) is 70.8 Å². The minimum atomic E-state index is -0.615. The molecule has 0 heterocycles. The Labute approximate surface area is 123 Å². The van der Waals surface area contributed by atoms with E-state index in [-0.39, 0.29) is 0 Å². The van der Waals surface area contributed by atoms with Crippen LogP contribution in [0.4, 0.5) is 8.78 Å². The van der Waals surface area contributed by atoms with Gasteiger partial charge in [0, 0.05) is 11.6 Å². The van der Waals surface area contributed by atoms with Gasteiger partial charge in [-0.1, -0.05) is 44.2 Å². The van der Waals surface area contributed by atoms with Crippen molar-refractivity contribution in [2.24, 2.45) is 5.92 Å². The molecule has 3 heteroatoms. The Kier molecular flexibility index (Phi) is 4.77. The Morgan fingerprint density at radius 2 is 1.65 bits per heavy atom. The summed E-state index contributed by atoms with van der Waals surface area (Å²) in [6, 6.07) is 11.3. The summed E-state index contributed by atoms with van der Waals surface area (Å²) >= 11 is 6.28. The molecule has 0 N–H and O–H groups in total. The number of alkyl halides is 1. The van der Waals surface area contributed by atoms with E-state index >= 15 is 0 Å². The first-order chi connectivity index (χ1) is 9.47. The lowest BCUT2D eigenvalue weighted by atomic mass is 9.99. The average Bonchev–Trinajstić information content (AvgIpc) is 2.38. The number of halogens is 3. The fourth-order valence-electron chi connectivity index (χ4n) is 2.18. The normalized spacial score (nSPS) is 12.7. The second-order valence-corrected chi connectivity index (χ2v) is 5.80. The van der Waals surface area contributed by atoms with Crippen LogP contribution in [0.25, 0.3) is 0 Å². The van der Waals surface area contributed by atoms with E-state index in [4.69, 9.17) is 11.6 Å². The molecule has 0 aliphatic carbocycles. The zero-order valence-corrected chi connectivity index (χ0v) is 12.3. The molecule has 0 spiro atoms. The highest BCUT2D eigenvalue weighted by molar-refractivity contribution is 6.22. The van der Waals surface area contributed by atoms with E-state index in [0.717, 1.165) is 18.1 Å². The molecule has 0 aliphatic rings. The molecule has 1 unspecified atom stereocenters. The van der Waals surface area contributed by atoms with Gasteiger partial charge in [-0.3, -0.25) is 0 Å². The fourth-order valence-corrected chi connectivity index (χ4v) is 2.50. The van der Waals surface area contributed by atoms with Gasteiger partial charge in [0.05, 0.1) is 5.38 Å². The van der Waals surface area contributed by atoms with E-state index in [1.165, 1.54) is 17.7 Å². The molecule has 0 fully saturated rings. The largest absolute Gasteiger partial charge is 0.207 e. The van der Waals surface area contributed by atoms with Crippen LogP contribution in [0.3, 0.4) is 0 Å². The van der Waals surface area contributed by atoms with Crippen molar-refractivity contribution in [2.45, 2.75) is 25.6 Å². The minimum Gasteiger partial charge on any atom is -0.207 e. The summed E-state index contributed by atoms with van der Waals surface area (Å²) < 4.78 is 26.6. The molecule has 1 atom stereocenters. The molecule has 20 heavy (non-hydrogen) atoms. The number of benzene rings is 2. The minimum absolute atomic E-state index is 0.296. The van der Waals surface area contributed by atoms with Crippen LogP contribution in [0, 0.1) is 17.6 Å². The maximum Gasteiger partial charge on any atom is 0.131 e. The van der Waals surface area contributed by atoms with Crippen LogP contribution in [0.1, 0.15) is 35.9 Å². The lowest BCUT2D eigenvalue weighted by molar-refractivity contribution is 0.573. The molecule has 0 radical (unpaired) electrons. The van der Waals surface area contributed by atoms with Gasteiger partial charge in [-0.15, -0.1) is 11.6 Å². The first-order valence-corrected chi connectivity index (χ1v) is 7.09. The van der Waals surface area contributed by atoms with E-state index in [2.05, 4.69) is 13.8 Å². The Balaban J connectivity index is 2.22. The van der Waals surface area contributed by atoms with Crippen molar-refractivity contribution in [3.8, 4) is 0 Å². The molecule has 0 aliphatic heterocycles. The average molecular weight is 295 g/mol. The number of hydrogen-bond acceptors (Lipinski definition) is 0. The Hall–Kier alpha value is -1.41. The molecule has 0 nitrogen and oxygen atoms in total. The van der Waals surface area contributed by atoms with Gasteiger partial charge in [0.1, 0.15) is 11.6 Å². The zero-order valence-electron chi connectivity index (χ0n) is 11.5. The predicted molar refractivity (Wildman–Crippen MR) is 79.0 cm³/mol. The lowest BCUT2D eigenvalue weighted by Gasteiger charge is -2.13. The summed E-state index contributed by atoms with van der Waals surface area (Å²) in [5.74, 6) is -0.624. The van der Waals surface area contributed by atoms with E-state index in [1.54, 1.807) is 0 Å².